The Labute approximate surface area is 129 Å². The smallest absolute Gasteiger partial charge is 0.416 e. The van der Waals surface area contributed by atoms with E-state index in [2.05, 4.69) is 5.32 Å². The van der Waals surface area contributed by atoms with Crippen molar-refractivity contribution in [3.05, 3.63) is 35.4 Å². The lowest BCUT2D eigenvalue weighted by Crippen LogP contribution is -2.52. The molecule has 0 spiro atoms. The second kappa shape index (κ2) is 6.43. The van der Waals surface area contributed by atoms with Crippen molar-refractivity contribution in [1.82, 2.24) is 5.32 Å². The van der Waals surface area contributed by atoms with Crippen LogP contribution in [-0.2, 0) is 15.7 Å². The number of esters is 1. The maximum absolute atomic E-state index is 14.1. The van der Waals surface area contributed by atoms with Gasteiger partial charge in [0.15, 0.2) is 6.10 Å². The van der Waals surface area contributed by atoms with Gasteiger partial charge in [-0.05, 0) is 17.7 Å². The van der Waals surface area contributed by atoms with E-state index in [1.165, 1.54) is 6.92 Å². The van der Waals surface area contributed by atoms with E-state index >= 15 is 0 Å². The zero-order valence-corrected chi connectivity index (χ0v) is 12.3. The number of nitrogens with one attached hydrogen (secondary N) is 1. The molecule has 0 aliphatic carbocycles. The second-order valence-electron chi connectivity index (χ2n) is 5.33. The number of hydrogen-bond donors (Lipinski definition) is 1. The van der Waals surface area contributed by atoms with Crippen molar-refractivity contribution in [2.45, 2.75) is 44.0 Å². The van der Waals surface area contributed by atoms with Gasteiger partial charge in [0.25, 0.3) is 5.92 Å². The standard InChI is InChI=1S/C15H16F5NO2/c1-2-11(22)23-13-12(21-8-7-14(13,16)17)9-3-5-10(6-4-9)15(18,19)20/h3-6,12-13,21H,2,7-8H2,1H3. The van der Waals surface area contributed by atoms with Gasteiger partial charge < -0.3 is 10.1 Å². The van der Waals surface area contributed by atoms with Gasteiger partial charge in [0, 0.05) is 19.4 Å². The Kier molecular flexibility index (Phi) is 4.93. The first kappa shape index (κ1) is 17.7. The molecule has 2 unspecified atom stereocenters. The number of halogens is 5. The first-order valence-corrected chi connectivity index (χ1v) is 7.13. The van der Waals surface area contributed by atoms with Crippen LogP contribution < -0.4 is 5.32 Å². The van der Waals surface area contributed by atoms with Crippen LogP contribution in [0.5, 0.6) is 0 Å². The van der Waals surface area contributed by atoms with Crippen molar-refractivity contribution >= 4 is 5.97 Å². The number of alkyl halides is 5. The molecular weight excluding hydrogens is 321 g/mol. The van der Waals surface area contributed by atoms with E-state index < -0.39 is 42.2 Å². The topological polar surface area (TPSA) is 38.3 Å². The minimum atomic E-state index is -4.50. The Bertz CT molecular complexity index is 556. The summed E-state index contributed by atoms with van der Waals surface area (Å²) in [5, 5.41) is 2.79. The van der Waals surface area contributed by atoms with E-state index in [9.17, 15) is 26.7 Å². The third-order valence-corrected chi connectivity index (χ3v) is 3.69. The molecule has 2 atom stereocenters. The fourth-order valence-electron chi connectivity index (χ4n) is 2.44. The molecule has 0 bridgehead atoms. The van der Waals surface area contributed by atoms with Gasteiger partial charge in [-0.1, -0.05) is 19.1 Å². The Morgan fingerprint density at radius 2 is 1.91 bits per heavy atom. The lowest BCUT2D eigenvalue weighted by atomic mass is 9.91. The highest BCUT2D eigenvalue weighted by Gasteiger charge is 2.50. The summed E-state index contributed by atoms with van der Waals surface area (Å²) in [6.07, 6.45) is -6.82. The summed E-state index contributed by atoms with van der Waals surface area (Å²) in [6, 6.07) is 2.82. The monoisotopic (exact) mass is 337 g/mol. The van der Waals surface area contributed by atoms with Gasteiger partial charge in [-0.2, -0.15) is 13.2 Å². The molecule has 0 amide bonds. The largest absolute Gasteiger partial charge is 0.454 e. The van der Waals surface area contributed by atoms with Crippen molar-refractivity contribution in [3.8, 4) is 0 Å². The molecular formula is C15H16F5NO2. The second-order valence-corrected chi connectivity index (χ2v) is 5.33. The predicted molar refractivity (Wildman–Crippen MR) is 71.9 cm³/mol. The minimum Gasteiger partial charge on any atom is -0.454 e. The van der Waals surface area contributed by atoms with Gasteiger partial charge in [0.2, 0.25) is 0 Å². The molecule has 1 aromatic carbocycles. The number of carbonyl (C=O) groups is 1. The first-order valence-electron chi connectivity index (χ1n) is 7.13. The number of piperidine rings is 1. The molecule has 128 valence electrons. The van der Waals surface area contributed by atoms with Crippen molar-refractivity contribution < 1.29 is 31.5 Å². The third-order valence-electron chi connectivity index (χ3n) is 3.69. The van der Waals surface area contributed by atoms with Crippen LogP contribution in [0.4, 0.5) is 22.0 Å². The minimum absolute atomic E-state index is 0.0289. The summed E-state index contributed by atoms with van der Waals surface area (Å²) in [5.41, 5.74) is -0.655. The first-order chi connectivity index (χ1) is 10.6. The Morgan fingerprint density at radius 1 is 1.30 bits per heavy atom. The number of benzene rings is 1. The number of hydrogen-bond acceptors (Lipinski definition) is 3. The van der Waals surface area contributed by atoms with Crippen LogP contribution in [0.1, 0.15) is 36.9 Å². The van der Waals surface area contributed by atoms with Crippen LogP contribution in [0.3, 0.4) is 0 Å². The van der Waals surface area contributed by atoms with Crippen LogP contribution >= 0.6 is 0 Å². The van der Waals surface area contributed by atoms with Gasteiger partial charge in [-0.15, -0.1) is 0 Å². The quantitative estimate of drug-likeness (QED) is 0.675. The van der Waals surface area contributed by atoms with Crippen LogP contribution in [0.25, 0.3) is 0 Å². The molecule has 1 heterocycles. The van der Waals surface area contributed by atoms with Crippen molar-refractivity contribution in [2.24, 2.45) is 0 Å². The number of ether oxygens (including phenoxy) is 1. The molecule has 1 aliphatic rings. The molecule has 3 nitrogen and oxygen atoms in total. The highest BCUT2D eigenvalue weighted by Crippen LogP contribution is 2.38. The summed E-state index contributed by atoms with van der Waals surface area (Å²) in [7, 11) is 0. The van der Waals surface area contributed by atoms with E-state index in [1.54, 1.807) is 0 Å². The summed E-state index contributed by atoms with van der Waals surface area (Å²) < 4.78 is 70.7. The Morgan fingerprint density at radius 3 is 2.43 bits per heavy atom. The lowest BCUT2D eigenvalue weighted by Gasteiger charge is -2.38. The highest BCUT2D eigenvalue weighted by atomic mass is 19.4. The zero-order valence-electron chi connectivity index (χ0n) is 12.3. The van der Waals surface area contributed by atoms with Gasteiger partial charge in [-0.3, -0.25) is 4.79 Å². The van der Waals surface area contributed by atoms with Crippen molar-refractivity contribution in [3.63, 3.8) is 0 Å². The van der Waals surface area contributed by atoms with Crippen LogP contribution in [-0.4, -0.2) is 24.5 Å². The molecule has 1 N–H and O–H groups in total. The SMILES string of the molecule is CCC(=O)OC1C(c2ccc(C(F)(F)F)cc2)NCCC1(F)F. The summed E-state index contributed by atoms with van der Waals surface area (Å²) in [5.74, 6) is -4.03. The molecule has 0 aromatic heterocycles. The van der Waals surface area contributed by atoms with Crippen molar-refractivity contribution in [1.29, 1.82) is 0 Å². The molecule has 2 rings (SSSR count). The molecule has 0 saturated carbocycles. The molecule has 8 heteroatoms. The zero-order chi connectivity index (χ0) is 17.3. The molecule has 0 radical (unpaired) electrons. The van der Waals surface area contributed by atoms with Gasteiger partial charge in [-0.25, -0.2) is 8.78 Å². The van der Waals surface area contributed by atoms with E-state index in [1.807, 2.05) is 0 Å². The average molecular weight is 337 g/mol. The molecule has 23 heavy (non-hydrogen) atoms. The summed E-state index contributed by atoms with van der Waals surface area (Å²) in [6.45, 7) is 1.45. The van der Waals surface area contributed by atoms with Crippen LogP contribution in [0, 0.1) is 0 Å². The molecule has 1 fully saturated rings. The predicted octanol–water partition coefficient (Wildman–Crippen LogP) is 3.70. The maximum atomic E-state index is 14.1. The van der Waals surface area contributed by atoms with E-state index in [4.69, 9.17) is 4.74 Å². The van der Waals surface area contributed by atoms with Gasteiger partial charge in [0.1, 0.15) is 0 Å². The van der Waals surface area contributed by atoms with Gasteiger partial charge >= 0.3 is 12.1 Å². The Balaban J connectivity index is 2.28. The number of rotatable bonds is 3. The molecule has 1 aliphatic heterocycles. The number of carbonyl (C=O) groups excluding carboxylic acids is 1. The van der Waals surface area contributed by atoms with Crippen molar-refractivity contribution in [2.75, 3.05) is 6.54 Å². The fraction of sp³-hybridized carbons (Fsp3) is 0.533. The Hall–Kier alpha value is -1.70. The van der Waals surface area contributed by atoms with E-state index in [0.29, 0.717) is 0 Å². The maximum Gasteiger partial charge on any atom is 0.416 e. The van der Waals surface area contributed by atoms with Crippen LogP contribution in [0.15, 0.2) is 24.3 Å². The summed E-state index contributed by atoms with van der Waals surface area (Å²) >= 11 is 0. The van der Waals surface area contributed by atoms with Gasteiger partial charge in [0.05, 0.1) is 11.6 Å². The molecule has 1 aromatic rings. The fourth-order valence-corrected chi connectivity index (χ4v) is 2.44. The third kappa shape index (κ3) is 3.99. The van der Waals surface area contributed by atoms with Crippen LogP contribution in [0.2, 0.25) is 0 Å². The summed E-state index contributed by atoms with van der Waals surface area (Å²) in [4.78, 5) is 11.4. The molecule has 1 saturated heterocycles. The van der Waals surface area contributed by atoms with E-state index in [0.717, 1.165) is 24.3 Å². The lowest BCUT2D eigenvalue weighted by molar-refractivity contribution is -0.187. The van der Waals surface area contributed by atoms with E-state index in [-0.39, 0.29) is 18.5 Å². The highest BCUT2D eigenvalue weighted by molar-refractivity contribution is 5.69. The average Bonchev–Trinajstić information content (AvgIpc) is 2.48. The normalized spacial score (nSPS) is 24.3.